The third kappa shape index (κ3) is 4.62. The molecule has 2 saturated carbocycles. The van der Waals surface area contributed by atoms with Gasteiger partial charge in [0.25, 0.3) is 0 Å². The van der Waals surface area contributed by atoms with E-state index >= 15 is 0 Å². The van der Waals surface area contributed by atoms with Crippen molar-refractivity contribution in [2.45, 2.75) is 11.2 Å². The minimum Gasteiger partial charge on any atom is -0.348 e. The van der Waals surface area contributed by atoms with E-state index in [4.69, 9.17) is 4.74 Å². The van der Waals surface area contributed by atoms with Gasteiger partial charge < -0.3 is 4.74 Å². The molecule has 2 nitrogen and oxygen atoms in total. The van der Waals surface area contributed by atoms with Gasteiger partial charge in [-0.3, -0.25) is 4.79 Å². The molecule has 2 bridgehead atoms. The molecule has 0 unspecified atom stereocenters. The van der Waals surface area contributed by atoms with Gasteiger partial charge in [0.1, 0.15) is 11.2 Å². The summed E-state index contributed by atoms with van der Waals surface area (Å²) in [5.41, 5.74) is 3.31. The molecule has 0 aromatic heterocycles. The van der Waals surface area contributed by atoms with Crippen LogP contribution >= 0.6 is 0 Å². The second-order valence-corrected chi connectivity index (χ2v) is 10.7. The summed E-state index contributed by atoms with van der Waals surface area (Å²) in [5.74, 6) is 0.593. The minimum atomic E-state index is -0.914. The second-order valence-electron chi connectivity index (χ2n) is 10.7. The summed E-state index contributed by atoms with van der Waals surface area (Å²) >= 11 is 0. The van der Waals surface area contributed by atoms with Crippen molar-refractivity contribution in [3.05, 3.63) is 207 Å². The summed E-state index contributed by atoms with van der Waals surface area (Å²) in [4.78, 5) is 14.6. The summed E-state index contributed by atoms with van der Waals surface area (Å²) in [6.45, 7) is 0. The maximum Gasteiger partial charge on any atom is 2.00 e. The smallest absolute Gasteiger partial charge is 0.348 e. The Labute approximate surface area is 261 Å². The summed E-state index contributed by atoms with van der Waals surface area (Å²) in [7, 11) is 0. The van der Waals surface area contributed by atoms with Crippen molar-refractivity contribution in [2.75, 3.05) is 0 Å². The summed E-state index contributed by atoms with van der Waals surface area (Å²) < 4.78 is 7.46. The van der Waals surface area contributed by atoms with Crippen LogP contribution in [0.25, 0.3) is 0 Å². The van der Waals surface area contributed by atoms with Crippen LogP contribution in [-0.4, -0.2) is 5.78 Å². The van der Waals surface area contributed by atoms with E-state index in [9.17, 15) is 4.79 Å². The molecule has 0 amide bonds. The maximum absolute atomic E-state index is 14.6. The largest absolute Gasteiger partial charge is 2.00 e. The number of Topliss-reactive ketones (excluding diaryl/α,β-unsaturated/α-hetero) is 1. The monoisotopic (exact) mass is 586 g/mol. The van der Waals surface area contributed by atoms with Crippen molar-refractivity contribution >= 4 is 5.78 Å². The van der Waals surface area contributed by atoms with Crippen molar-refractivity contribution in [1.82, 2.24) is 0 Å². The maximum atomic E-state index is 14.6. The first kappa shape index (κ1) is 29.1. The molecule has 2 aliphatic carbocycles. The zero-order valence-corrected chi connectivity index (χ0v) is 24.1. The van der Waals surface area contributed by atoms with Crippen molar-refractivity contribution in [3.8, 4) is 0 Å². The number of ether oxygens (including phenoxy) is 1. The van der Waals surface area contributed by atoms with Crippen LogP contribution in [0.2, 0.25) is 0 Å². The average molecular weight is 587 g/mol. The van der Waals surface area contributed by atoms with E-state index in [1.165, 1.54) is 0 Å². The van der Waals surface area contributed by atoms with E-state index in [0.29, 0.717) is 5.56 Å². The Morgan fingerprint density at radius 3 is 1.48 bits per heavy atom. The van der Waals surface area contributed by atoms with Crippen molar-refractivity contribution in [3.63, 3.8) is 0 Å². The summed E-state index contributed by atoms with van der Waals surface area (Å²) in [6, 6.07) is 38.9. The first-order chi connectivity index (χ1) is 20.3. The Kier molecular flexibility index (Phi) is 8.55. The molecule has 3 heteroatoms. The van der Waals surface area contributed by atoms with Gasteiger partial charge in [0.2, 0.25) is 0 Å². The molecule has 4 aromatic carbocycles. The van der Waals surface area contributed by atoms with E-state index < -0.39 is 17.1 Å². The molecule has 0 spiro atoms. The van der Waals surface area contributed by atoms with Crippen LogP contribution in [-0.2, 0) is 33.0 Å². The third-order valence-electron chi connectivity index (χ3n) is 8.61. The fraction of sp³-hybridized carbons (Fsp3) is 0.103. The van der Waals surface area contributed by atoms with E-state index in [-0.39, 0.29) is 28.8 Å². The standard InChI is InChI=1S/C34H25O2.C5H5.Fe/c35-32(25-16-4-1-5-17-25)31-30(24-14-10-11-15-24)33(26-18-6-2-7-19-26)28-22-12-13-23-29(28)34(31,36-33)27-20-8-3-9-21-27;1-2-4-5-3-1;/h1-23,30-31H;1-5H;/q;;+2/t30-,31+,33-,34+;;/m1../s1. The van der Waals surface area contributed by atoms with Gasteiger partial charge in [0.15, 0.2) is 5.78 Å². The van der Waals surface area contributed by atoms with Crippen molar-refractivity contribution in [1.29, 1.82) is 0 Å². The molecule has 2 aliphatic heterocycles. The molecule has 4 aliphatic rings. The molecule has 4 aromatic rings. The van der Waals surface area contributed by atoms with Crippen molar-refractivity contribution in [2.24, 2.45) is 11.8 Å². The molecule has 0 N–H and O–H groups in total. The Morgan fingerprint density at radius 2 is 0.952 bits per heavy atom. The fourth-order valence-electron chi connectivity index (χ4n) is 7.05. The quantitative estimate of drug-likeness (QED) is 0.177. The molecule has 204 valence electrons. The number of carbonyl (C=O) groups is 1. The number of hydrogen-bond acceptors (Lipinski definition) is 2. The number of carbonyl (C=O) groups excluding carboxylic acids is 1. The Bertz CT molecular complexity index is 1470. The number of rotatable bonds is 5. The molecule has 10 radical (unpaired) electrons. The average Bonchev–Trinajstić information content (AvgIpc) is 3.87. The molecular formula is C39H30FeO2+2. The van der Waals surface area contributed by atoms with Crippen molar-refractivity contribution < 1.29 is 26.6 Å². The van der Waals surface area contributed by atoms with Gasteiger partial charge in [0, 0.05) is 11.5 Å². The fourth-order valence-corrected chi connectivity index (χ4v) is 7.05. The summed E-state index contributed by atoms with van der Waals surface area (Å²) in [6.07, 6.45) is 18.4. The van der Waals surface area contributed by atoms with Gasteiger partial charge >= 0.3 is 17.1 Å². The predicted octanol–water partition coefficient (Wildman–Crippen LogP) is 7.76. The van der Waals surface area contributed by atoms with E-state index in [1.807, 2.05) is 86.7 Å². The van der Waals surface area contributed by atoms with Crippen LogP contribution < -0.4 is 0 Å². The molecule has 42 heavy (non-hydrogen) atoms. The van der Waals surface area contributed by atoms with Gasteiger partial charge in [-0.05, 0) is 86.0 Å². The number of fused-ring (bicyclic) bond motifs is 5. The molecule has 2 heterocycles. The molecule has 8 rings (SSSR count). The van der Waals surface area contributed by atoms with Gasteiger partial charge in [0.05, 0.1) is 5.92 Å². The Balaban J connectivity index is 0.000000479. The van der Waals surface area contributed by atoms with Crippen LogP contribution in [0.5, 0.6) is 0 Å². The van der Waals surface area contributed by atoms with Crippen LogP contribution in [0, 0.1) is 75.5 Å². The minimum absolute atomic E-state index is 0. The normalized spacial score (nSPS) is 27.5. The van der Waals surface area contributed by atoms with E-state index in [0.717, 1.165) is 28.2 Å². The van der Waals surface area contributed by atoms with Gasteiger partial charge in [-0.15, -0.1) is 0 Å². The molecule has 1 saturated heterocycles. The first-order valence-corrected chi connectivity index (χ1v) is 14.2. The Hall–Kier alpha value is -2.97. The van der Waals surface area contributed by atoms with E-state index in [1.54, 1.807) is 0 Å². The first-order valence-electron chi connectivity index (χ1n) is 14.2. The topological polar surface area (TPSA) is 26.3 Å². The zero-order chi connectivity index (χ0) is 27.7. The van der Waals surface area contributed by atoms with Gasteiger partial charge in [-0.2, -0.15) is 0 Å². The Morgan fingerprint density at radius 1 is 0.524 bits per heavy atom. The second kappa shape index (κ2) is 12.3. The third-order valence-corrected chi connectivity index (χ3v) is 8.61. The number of benzene rings is 4. The van der Waals surface area contributed by atoms with E-state index in [2.05, 4.69) is 86.3 Å². The molecular weight excluding hydrogens is 556 g/mol. The van der Waals surface area contributed by atoms with Gasteiger partial charge in [-0.1, -0.05) is 115 Å². The van der Waals surface area contributed by atoms with Crippen LogP contribution in [0.3, 0.4) is 0 Å². The van der Waals surface area contributed by atoms with Crippen LogP contribution in [0.1, 0.15) is 32.6 Å². The van der Waals surface area contributed by atoms with Gasteiger partial charge in [-0.25, -0.2) is 0 Å². The number of hydrogen-bond donors (Lipinski definition) is 0. The predicted molar refractivity (Wildman–Crippen MR) is 162 cm³/mol. The van der Waals surface area contributed by atoms with Crippen LogP contribution in [0.4, 0.5) is 0 Å². The zero-order valence-electron chi connectivity index (χ0n) is 23.0. The SMILES string of the molecule is O=C(c1ccccc1)[C@@H]1[C@@H]([C]2[CH][CH][CH][CH]2)[C@]2(c3ccccc3)O[C@@]1(c1ccccc1)c1ccccc12.[CH]1[CH][CH][CH][CH]1.[Fe+2]. The number of ketones is 1. The van der Waals surface area contributed by atoms with Crippen LogP contribution in [0.15, 0.2) is 115 Å². The summed E-state index contributed by atoms with van der Waals surface area (Å²) in [5, 5.41) is 0. The molecule has 4 atom stereocenters. The molecule has 3 fully saturated rings.